The molecule has 0 bridgehead atoms. The molecule has 3 heteroatoms. The van der Waals surface area contributed by atoms with Gasteiger partial charge in [-0.05, 0) is 61.6 Å². The average Bonchev–Trinajstić information content (AvgIpc) is 2.54. The van der Waals surface area contributed by atoms with Crippen LogP contribution < -0.4 is 5.43 Å². The van der Waals surface area contributed by atoms with E-state index in [0.717, 1.165) is 23.3 Å². The largest absolute Gasteiger partial charge is 0.271 e. The molecule has 0 spiro atoms. The highest BCUT2D eigenvalue weighted by Crippen LogP contribution is 2.10. The summed E-state index contributed by atoms with van der Waals surface area (Å²) in [7, 11) is 0. The molecule has 114 valence electrons. The molecule has 0 saturated heterocycles. The molecule has 0 aliphatic heterocycles. The molecule has 0 fully saturated rings. The van der Waals surface area contributed by atoms with Gasteiger partial charge in [0.05, 0.1) is 5.71 Å². The van der Waals surface area contributed by atoms with Crippen LogP contribution in [0.2, 0.25) is 0 Å². The topological polar surface area (TPSA) is 41.5 Å². The second-order valence-electron chi connectivity index (χ2n) is 5.49. The number of nitrogens with zero attached hydrogens (tertiary/aromatic N) is 1. The van der Waals surface area contributed by atoms with Crippen molar-refractivity contribution in [2.75, 3.05) is 0 Å². The van der Waals surface area contributed by atoms with Gasteiger partial charge in [-0.25, -0.2) is 5.43 Å². The molecule has 0 radical (unpaired) electrons. The third kappa shape index (κ3) is 3.82. The summed E-state index contributed by atoms with van der Waals surface area (Å²) < 4.78 is 0. The van der Waals surface area contributed by atoms with Crippen molar-refractivity contribution in [1.82, 2.24) is 5.43 Å². The van der Waals surface area contributed by atoms with Crippen LogP contribution in [0, 0.1) is 13.8 Å². The normalized spacial score (nSPS) is 11.4. The first-order chi connectivity index (χ1) is 10.5. The van der Waals surface area contributed by atoms with Crippen LogP contribution in [0.5, 0.6) is 0 Å². The quantitative estimate of drug-likeness (QED) is 0.671. The fourth-order valence-electron chi connectivity index (χ4n) is 2.13. The van der Waals surface area contributed by atoms with Crippen molar-refractivity contribution < 1.29 is 4.79 Å². The summed E-state index contributed by atoms with van der Waals surface area (Å²) in [4.78, 5) is 12.1. The van der Waals surface area contributed by atoms with Crippen molar-refractivity contribution >= 4 is 11.6 Å². The summed E-state index contributed by atoms with van der Waals surface area (Å²) in [5, 5.41) is 4.20. The Kier molecular flexibility index (Phi) is 5.10. The summed E-state index contributed by atoms with van der Waals surface area (Å²) in [6.45, 7) is 8.04. The molecular weight excluding hydrogens is 272 g/mol. The van der Waals surface area contributed by atoms with Gasteiger partial charge < -0.3 is 0 Å². The maximum absolute atomic E-state index is 12.1. The maximum atomic E-state index is 12.1. The Bertz CT molecular complexity index is 700. The van der Waals surface area contributed by atoms with Crippen LogP contribution in [0.15, 0.2) is 47.6 Å². The van der Waals surface area contributed by atoms with E-state index in [0.29, 0.717) is 5.56 Å². The van der Waals surface area contributed by atoms with E-state index in [2.05, 4.69) is 29.6 Å². The average molecular weight is 294 g/mol. The van der Waals surface area contributed by atoms with Crippen LogP contribution in [0.4, 0.5) is 0 Å². The van der Waals surface area contributed by atoms with Gasteiger partial charge in [0, 0.05) is 5.56 Å². The summed E-state index contributed by atoms with van der Waals surface area (Å²) in [6.07, 6.45) is 1.01. The fourth-order valence-corrected chi connectivity index (χ4v) is 2.13. The Labute approximate surface area is 132 Å². The molecule has 2 aromatic carbocycles. The molecular formula is C19H22N2O. The summed E-state index contributed by atoms with van der Waals surface area (Å²) in [5.41, 5.74) is 8.61. The van der Waals surface area contributed by atoms with E-state index >= 15 is 0 Å². The number of hydrogen-bond acceptors (Lipinski definition) is 2. The van der Waals surface area contributed by atoms with Gasteiger partial charge in [-0.2, -0.15) is 5.10 Å². The molecule has 22 heavy (non-hydrogen) atoms. The van der Waals surface area contributed by atoms with Gasteiger partial charge in [-0.1, -0.05) is 37.3 Å². The zero-order valence-corrected chi connectivity index (χ0v) is 13.6. The van der Waals surface area contributed by atoms with Gasteiger partial charge in [0.2, 0.25) is 0 Å². The number of rotatable bonds is 4. The van der Waals surface area contributed by atoms with E-state index in [1.54, 1.807) is 0 Å². The molecule has 1 amide bonds. The summed E-state index contributed by atoms with van der Waals surface area (Å²) in [5.74, 6) is -0.187. The van der Waals surface area contributed by atoms with Crippen LogP contribution in [-0.2, 0) is 6.42 Å². The van der Waals surface area contributed by atoms with Gasteiger partial charge in [0.15, 0.2) is 0 Å². The monoisotopic (exact) mass is 294 g/mol. The number of aryl methyl sites for hydroxylation is 3. The standard InChI is InChI=1S/C19H22N2O/c1-5-16-7-10-17(11-8-16)15(4)20-21-19(22)18-9-6-13(2)14(3)12-18/h6-12H,5H2,1-4H3,(H,21,22)/b20-15+. The van der Waals surface area contributed by atoms with E-state index < -0.39 is 0 Å². The van der Waals surface area contributed by atoms with Crippen molar-refractivity contribution in [3.05, 3.63) is 70.3 Å². The number of hydrazone groups is 1. The van der Waals surface area contributed by atoms with Crippen molar-refractivity contribution in [2.24, 2.45) is 5.10 Å². The van der Waals surface area contributed by atoms with Crippen LogP contribution in [-0.4, -0.2) is 11.6 Å². The van der Waals surface area contributed by atoms with E-state index in [-0.39, 0.29) is 5.91 Å². The Balaban J connectivity index is 2.08. The molecule has 0 aliphatic carbocycles. The molecule has 2 aromatic rings. The lowest BCUT2D eigenvalue weighted by molar-refractivity contribution is 0.0954. The predicted octanol–water partition coefficient (Wildman–Crippen LogP) is 4.02. The molecule has 0 heterocycles. The van der Waals surface area contributed by atoms with Crippen molar-refractivity contribution in [3.8, 4) is 0 Å². The molecule has 0 aromatic heterocycles. The minimum Gasteiger partial charge on any atom is -0.267 e. The lowest BCUT2D eigenvalue weighted by Gasteiger charge is -2.06. The number of amides is 1. The van der Waals surface area contributed by atoms with Crippen molar-refractivity contribution in [2.45, 2.75) is 34.1 Å². The molecule has 0 saturated carbocycles. The number of benzene rings is 2. The Morgan fingerprint density at radius 1 is 1.00 bits per heavy atom. The smallest absolute Gasteiger partial charge is 0.267 e. The van der Waals surface area contributed by atoms with Crippen LogP contribution in [0.1, 0.15) is 46.5 Å². The molecule has 1 N–H and O–H groups in total. The molecule has 2 rings (SSSR count). The zero-order chi connectivity index (χ0) is 16.1. The van der Waals surface area contributed by atoms with E-state index in [1.807, 2.05) is 51.1 Å². The van der Waals surface area contributed by atoms with Gasteiger partial charge in [0.1, 0.15) is 0 Å². The first-order valence-electron chi connectivity index (χ1n) is 7.52. The third-order valence-corrected chi connectivity index (χ3v) is 3.87. The van der Waals surface area contributed by atoms with E-state index in [9.17, 15) is 4.79 Å². The van der Waals surface area contributed by atoms with Gasteiger partial charge in [-0.15, -0.1) is 0 Å². The second-order valence-corrected chi connectivity index (χ2v) is 5.49. The lowest BCUT2D eigenvalue weighted by Crippen LogP contribution is -2.19. The lowest BCUT2D eigenvalue weighted by atomic mass is 10.1. The van der Waals surface area contributed by atoms with Crippen LogP contribution in [0.25, 0.3) is 0 Å². The molecule has 3 nitrogen and oxygen atoms in total. The number of carbonyl (C=O) groups excluding carboxylic acids is 1. The van der Waals surface area contributed by atoms with E-state index in [4.69, 9.17) is 0 Å². The van der Waals surface area contributed by atoms with Gasteiger partial charge >= 0.3 is 0 Å². The molecule has 0 unspecified atom stereocenters. The third-order valence-electron chi connectivity index (χ3n) is 3.87. The second kappa shape index (κ2) is 7.03. The molecule has 0 atom stereocenters. The first-order valence-corrected chi connectivity index (χ1v) is 7.52. The zero-order valence-electron chi connectivity index (χ0n) is 13.6. The van der Waals surface area contributed by atoms with Crippen molar-refractivity contribution in [3.63, 3.8) is 0 Å². The summed E-state index contributed by atoms with van der Waals surface area (Å²) in [6, 6.07) is 13.9. The minimum absolute atomic E-state index is 0.187. The summed E-state index contributed by atoms with van der Waals surface area (Å²) >= 11 is 0. The van der Waals surface area contributed by atoms with Crippen LogP contribution in [0.3, 0.4) is 0 Å². The predicted molar refractivity (Wildman–Crippen MR) is 91.4 cm³/mol. The minimum atomic E-state index is -0.187. The SMILES string of the molecule is CCc1ccc(/C(C)=N/NC(=O)c2ccc(C)c(C)c2)cc1. The maximum Gasteiger partial charge on any atom is 0.271 e. The Morgan fingerprint density at radius 2 is 1.64 bits per heavy atom. The van der Waals surface area contributed by atoms with E-state index in [1.165, 1.54) is 11.1 Å². The number of nitrogens with one attached hydrogen (secondary N) is 1. The van der Waals surface area contributed by atoms with Crippen molar-refractivity contribution in [1.29, 1.82) is 0 Å². The highest BCUT2D eigenvalue weighted by atomic mass is 16.2. The first kappa shape index (κ1) is 16.0. The highest BCUT2D eigenvalue weighted by Gasteiger charge is 2.06. The number of hydrogen-bond donors (Lipinski definition) is 1. The van der Waals surface area contributed by atoms with Gasteiger partial charge in [-0.3, -0.25) is 4.79 Å². The fraction of sp³-hybridized carbons (Fsp3) is 0.263. The highest BCUT2D eigenvalue weighted by molar-refractivity contribution is 6.00. The van der Waals surface area contributed by atoms with Gasteiger partial charge in [0.25, 0.3) is 5.91 Å². The Morgan fingerprint density at radius 3 is 2.23 bits per heavy atom. The molecule has 0 aliphatic rings. The Hall–Kier alpha value is -2.42. The number of carbonyl (C=O) groups is 1. The van der Waals surface area contributed by atoms with Crippen LogP contribution >= 0.6 is 0 Å².